The molecule has 0 amide bonds. The molecular weight excluding hydrogens is 256 g/mol. The van der Waals surface area contributed by atoms with Crippen molar-refractivity contribution in [3.8, 4) is 11.5 Å². The number of nitrogens with one attached hydrogen (secondary N) is 1. The van der Waals surface area contributed by atoms with Crippen LogP contribution < -0.4 is 9.47 Å². The molecule has 1 aliphatic heterocycles. The number of H-pyrrole nitrogens is 1. The molecule has 0 radical (unpaired) electrons. The highest BCUT2D eigenvalue weighted by atomic mass is 16.5. The predicted molar refractivity (Wildman–Crippen MR) is 77.6 cm³/mol. The lowest BCUT2D eigenvalue weighted by atomic mass is 10.2. The minimum absolute atomic E-state index is 0.655. The average molecular weight is 276 g/mol. The molecule has 5 heteroatoms. The second-order valence-electron chi connectivity index (χ2n) is 4.87. The van der Waals surface area contributed by atoms with E-state index in [2.05, 4.69) is 9.88 Å². The molecule has 1 aromatic carbocycles. The number of methoxy groups -OCH3 is 1. The van der Waals surface area contributed by atoms with Crippen LogP contribution in [0.2, 0.25) is 0 Å². The Hall–Kier alpha value is -1.72. The number of fused-ring (bicyclic) bond motifs is 1. The maximum Gasteiger partial charge on any atom is 0.163 e. The third-order valence-electron chi connectivity index (χ3n) is 3.61. The summed E-state index contributed by atoms with van der Waals surface area (Å²) in [7, 11) is 1.67. The smallest absolute Gasteiger partial charge is 0.163 e. The van der Waals surface area contributed by atoms with E-state index in [-0.39, 0.29) is 0 Å². The molecule has 1 aromatic heterocycles. The highest BCUT2D eigenvalue weighted by molar-refractivity contribution is 5.83. The maximum atomic E-state index is 5.88. The molecule has 0 bridgehead atoms. The summed E-state index contributed by atoms with van der Waals surface area (Å²) in [6, 6.07) is 6.01. The van der Waals surface area contributed by atoms with Gasteiger partial charge in [0.05, 0.1) is 20.3 Å². The molecule has 1 fully saturated rings. The first-order valence-electron chi connectivity index (χ1n) is 6.95. The van der Waals surface area contributed by atoms with Crippen LogP contribution >= 0.6 is 0 Å². The Bertz CT molecular complexity index is 561. The first kappa shape index (κ1) is 13.3. The van der Waals surface area contributed by atoms with Gasteiger partial charge in [-0.15, -0.1) is 0 Å². The van der Waals surface area contributed by atoms with Crippen LogP contribution in [-0.2, 0) is 4.74 Å². The van der Waals surface area contributed by atoms with Gasteiger partial charge in [0, 0.05) is 42.8 Å². The van der Waals surface area contributed by atoms with Crippen molar-refractivity contribution in [2.45, 2.75) is 0 Å². The molecule has 0 spiro atoms. The SMILES string of the molecule is COc1cc2cc[nH]c2cc1OCCN1CCOCC1. The molecular formula is C15H20N2O3. The van der Waals surface area contributed by atoms with Crippen molar-refractivity contribution in [1.82, 2.24) is 9.88 Å². The van der Waals surface area contributed by atoms with E-state index in [1.807, 2.05) is 24.4 Å². The van der Waals surface area contributed by atoms with Crippen molar-refractivity contribution < 1.29 is 14.2 Å². The van der Waals surface area contributed by atoms with Crippen LogP contribution in [0.25, 0.3) is 10.9 Å². The van der Waals surface area contributed by atoms with Gasteiger partial charge in [-0.1, -0.05) is 0 Å². The summed E-state index contributed by atoms with van der Waals surface area (Å²) in [4.78, 5) is 5.54. The van der Waals surface area contributed by atoms with Gasteiger partial charge in [0.1, 0.15) is 6.61 Å². The summed E-state index contributed by atoms with van der Waals surface area (Å²) < 4.78 is 16.6. The number of rotatable bonds is 5. The lowest BCUT2D eigenvalue weighted by molar-refractivity contribution is 0.0321. The van der Waals surface area contributed by atoms with Gasteiger partial charge in [0.2, 0.25) is 0 Å². The van der Waals surface area contributed by atoms with Crippen molar-refractivity contribution in [1.29, 1.82) is 0 Å². The minimum atomic E-state index is 0.655. The highest BCUT2D eigenvalue weighted by Crippen LogP contribution is 2.31. The van der Waals surface area contributed by atoms with Crippen molar-refractivity contribution >= 4 is 10.9 Å². The summed E-state index contributed by atoms with van der Waals surface area (Å²) in [5, 5.41) is 1.13. The second kappa shape index (κ2) is 6.15. The van der Waals surface area contributed by atoms with E-state index >= 15 is 0 Å². The fraction of sp³-hybridized carbons (Fsp3) is 0.467. The zero-order valence-electron chi connectivity index (χ0n) is 11.7. The first-order chi connectivity index (χ1) is 9.86. The van der Waals surface area contributed by atoms with Crippen LogP contribution in [0, 0.1) is 0 Å². The summed E-state index contributed by atoms with van der Waals surface area (Å²) in [6.45, 7) is 5.17. The van der Waals surface area contributed by atoms with Crippen LogP contribution in [0.3, 0.4) is 0 Å². The number of morpholine rings is 1. The second-order valence-corrected chi connectivity index (χ2v) is 4.87. The third-order valence-corrected chi connectivity index (χ3v) is 3.61. The van der Waals surface area contributed by atoms with Crippen LogP contribution in [0.5, 0.6) is 11.5 Å². The maximum absolute atomic E-state index is 5.88. The molecule has 0 aliphatic carbocycles. The topological polar surface area (TPSA) is 46.7 Å². The molecule has 2 heterocycles. The Labute approximate surface area is 118 Å². The Kier molecular flexibility index (Phi) is 4.08. The van der Waals surface area contributed by atoms with Crippen molar-refractivity contribution in [2.24, 2.45) is 0 Å². The molecule has 1 saturated heterocycles. The van der Waals surface area contributed by atoms with Crippen molar-refractivity contribution in [3.05, 3.63) is 24.4 Å². The molecule has 3 rings (SSSR count). The van der Waals surface area contributed by atoms with E-state index < -0.39 is 0 Å². The van der Waals surface area contributed by atoms with E-state index in [4.69, 9.17) is 14.2 Å². The summed E-state index contributed by atoms with van der Waals surface area (Å²) in [5.41, 5.74) is 1.06. The number of benzene rings is 1. The van der Waals surface area contributed by atoms with Crippen LogP contribution in [-0.4, -0.2) is 56.4 Å². The van der Waals surface area contributed by atoms with Crippen LogP contribution in [0.15, 0.2) is 24.4 Å². The van der Waals surface area contributed by atoms with E-state index in [1.165, 1.54) is 0 Å². The number of hydrogen-bond donors (Lipinski definition) is 1. The number of nitrogens with zero attached hydrogens (tertiary/aromatic N) is 1. The quantitative estimate of drug-likeness (QED) is 0.906. The molecule has 108 valence electrons. The molecule has 2 aromatic rings. The molecule has 0 saturated carbocycles. The highest BCUT2D eigenvalue weighted by Gasteiger charge is 2.11. The number of ether oxygens (including phenoxy) is 3. The van der Waals surface area contributed by atoms with E-state index in [1.54, 1.807) is 7.11 Å². The molecule has 0 unspecified atom stereocenters. The van der Waals surface area contributed by atoms with Gasteiger partial charge in [-0.2, -0.15) is 0 Å². The third kappa shape index (κ3) is 2.89. The van der Waals surface area contributed by atoms with E-state index in [9.17, 15) is 0 Å². The monoisotopic (exact) mass is 276 g/mol. The van der Waals surface area contributed by atoms with E-state index in [0.29, 0.717) is 6.61 Å². The zero-order chi connectivity index (χ0) is 13.8. The fourth-order valence-electron chi connectivity index (χ4n) is 2.44. The summed E-state index contributed by atoms with van der Waals surface area (Å²) >= 11 is 0. The Morgan fingerprint density at radius 2 is 2.10 bits per heavy atom. The van der Waals surface area contributed by atoms with Crippen molar-refractivity contribution in [2.75, 3.05) is 46.6 Å². The largest absolute Gasteiger partial charge is 0.493 e. The lowest BCUT2D eigenvalue weighted by Crippen LogP contribution is -2.38. The molecule has 20 heavy (non-hydrogen) atoms. The molecule has 0 atom stereocenters. The molecule has 1 N–H and O–H groups in total. The number of aromatic amines is 1. The zero-order valence-corrected chi connectivity index (χ0v) is 11.7. The van der Waals surface area contributed by atoms with Gasteiger partial charge in [-0.3, -0.25) is 4.90 Å². The first-order valence-corrected chi connectivity index (χ1v) is 6.95. The number of aromatic nitrogens is 1. The van der Waals surface area contributed by atoms with Gasteiger partial charge in [0.25, 0.3) is 0 Å². The van der Waals surface area contributed by atoms with Crippen molar-refractivity contribution in [3.63, 3.8) is 0 Å². The Morgan fingerprint density at radius 3 is 2.90 bits per heavy atom. The Balaban J connectivity index is 1.63. The minimum Gasteiger partial charge on any atom is -0.493 e. The van der Waals surface area contributed by atoms with E-state index in [0.717, 1.165) is 55.2 Å². The fourth-order valence-corrected chi connectivity index (χ4v) is 2.44. The lowest BCUT2D eigenvalue weighted by Gasteiger charge is -2.26. The molecule has 1 aliphatic rings. The molecule has 5 nitrogen and oxygen atoms in total. The summed E-state index contributed by atoms with van der Waals surface area (Å²) in [6.07, 6.45) is 1.92. The Morgan fingerprint density at radius 1 is 1.25 bits per heavy atom. The van der Waals surface area contributed by atoms with Gasteiger partial charge >= 0.3 is 0 Å². The normalized spacial score (nSPS) is 16.4. The van der Waals surface area contributed by atoms with Crippen LogP contribution in [0.4, 0.5) is 0 Å². The summed E-state index contributed by atoms with van der Waals surface area (Å²) in [5.74, 6) is 1.56. The number of hydrogen-bond acceptors (Lipinski definition) is 4. The van der Waals surface area contributed by atoms with Gasteiger partial charge in [-0.05, 0) is 12.1 Å². The van der Waals surface area contributed by atoms with Crippen LogP contribution in [0.1, 0.15) is 0 Å². The standard InChI is InChI=1S/C15H20N2O3/c1-18-14-10-12-2-3-16-13(12)11-15(14)20-9-6-17-4-7-19-8-5-17/h2-3,10-11,16H,4-9H2,1H3. The van der Waals surface area contributed by atoms with Gasteiger partial charge in [0.15, 0.2) is 11.5 Å². The van der Waals surface area contributed by atoms with Gasteiger partial charge < -0.3 is 19.2 Å². The predicted octanol–water partition coefficient (Wildman–Crippen LogP) is 1.89. The van der Waals surface area contributed by atoms with Gasteiger partial charge in [-0.25, -0.2) is 0 Å². The average Bonchev–Trinajstić information content (AvgIpc) is 2.94.